The first kappa shape index (κ1) is 11.6. The molecule has 0 rings (SSSR count). The molecule has 0 aliphatic carbocycles. The molecule has 74 valence electrons. The molecule has 0 saturated heterocycles. The second-order valence-corrected chi connectivity index (χ2v) is 2.50. The highest BCUT2D eigenvalue weighted by molar-refractivity contribution is 5.81. The Morgan fingerprint density at radius 3 is 2.54 bits per heavy atom. The minimum atomic E-state index is -1.03. The molecule has 13 heavy (non-hydrogen) atoms. The predicted octanol–water partition coefficient (Wildman–Crippen LogP) is -0.566. The Hall–Kier alpha value is -1.36. The van der Waals surface area contributed by atoms with Crippen LogP contribution in [-0.4, -0.2) is 41.5 Å². The minimum absolute atomic E-state index is 0.168. The Kier molecular flexibility index (Phi) is 5.54. The van der Waals surface area contributed by atoms with E-state index in [2.05, 4.69) is 6.58 Å². The number of nitrogens with zero attached hydrogens (tertiary/aromatic N) is 1. The lowest BCUT2D eigenvalue weighted by Crippen LogP contribution is -2.36. The van der Waals surface area contributed by atoms with Gasteiger partial charge in [0, 0.05) is 19.5 Å². The summed E-state index contributed by atoms with van der Waals surface area (Å²) >= 11 is 0. The van der Waals surface area contributed by atoms with E-state index in [1.165, 1.54) is 11.0 Å². The monoisotopic (exact) mass is 186 g/mol. The molecule has 0 aromatic carbocycles. The summed E-state index contributed by atoms with van der Waals surface area (Å²) in [5.74, 6) is -1.29. The SMILES string of the molecule is C=CCN(CC(=O)O)C(=O)CCN. The Morgan fingerprint density at radius 1 is 1.54 bits per heavy atom. The van der Waals surface area contributed by atoms with Crippen LogP contribution < -0.4 is 5.73 Å². The third-order valence-electron chi connectivity index (χ3n) is 1.39. The first-order valence-corrected chi connectivity index (χ1v) is 3.92. The molecule has 0 unspecified atom stereocenters. The number of carboxylic acid groups (broad SMARTS) is 1. The zero-order valence-corrected chi connectivity index (χ0v) is 7.40. The third kappa shape index (κ3) is 4.97. The number of amides is 1. The van der Waals surface area contributed by atoms with Crippen molar-refractivity contribution in [2.75, 3.05) is 19.6 Å². The lowest BCUT2D eigenvalue weighted by Gasteiger charge is -2.18. The van der Waals surface area contributed by atoms with Crippen molar-refractivity contribution in [2.24, 2.45) is 5.73 Å². The molecule has 0 aliphatic heterocycles. The van der Waals surface area contributed by atoms with Crippen LogP contribution in [0.3, 0.4) is 0 Å². The summed E-state index contributed by atoms with van der Waals surface area (Å²) in [6.07, 6.45) is 1.65. The molecule has 3 N–H and O–H groups in total. The number of rotatable bonds is 6. The number of hydrogen-bond donors (Lipinski definition) is 2. The molecule has 1 amide bonds. The highest BCUT2D eigenvalue weighted by Crippen LogP contribution is 1.93. The summed E-state index contributed by atoms with van der Waals surface area (Å²) in [6.45, 7) is 3.60. The van der Waals surface area contributed by atoms with E-state index >= 15 is 0 Å². The van der Waals surface area contributed by atoms with E-state index in [0.29, 0.717) is 0 Å². The van der Waals surface area contributed by atoms with Crippen LogP contribution in [0.5, 0.6) is 0 Å². The topological polar surface area (TPSA) is 83.6 Å². The maximum atomic E-state index is 11.2. The summed E-state index contributed by atoms with van der Waals surface area (Å²) in [5, 5.41) is 8.47. The van der Waals surface area contributed by atoms with Crippen LogP contribution in [0.1, 0.15) is 6.42 Å². The van der Waals surface area contributed by atoms with Crippen molar-refractivity contribution < 1.29 is 14.7 Å². The van der Waals surface area contributed by atoms with Crippen molar-refractivity contribution in [3.05, 3.63) is 12.7 Å². The van der Waals surface area contributed by atoms with Gasteiger partial charge in [0.1, 0.15) is 6.54 Å². The average molecular weight is 186 g/mol. The molecular weight excluding hydrogens is 172 g/mol. The van der Waals surface area contributed by atoms with Crippen LogP contribution in [0, 0.1) is 0 Å². The van der Waals surface area contributed by atoms with Crippen LogP contribution in [0.2, 0.25) is 0 Å². The van der Waals surface area contributed by atoms with Crippen LogP contribution in [0.25, 0.3) is 0 Å². The molecule has 0 aromatic heterocycles. The molecule has 0 aromatic rings. The van der Waals surface area contributed by atoms with Crippen molar-refractivity contribution in [1.82, 2.24) is 4.90 Å². The van der Waals surface area contributed by atoms with Gasteiger partial charge in [-0.1, -0.05) is 6.08 Å². The van der Waals surface area contributed by atoms with Gasteiger partial charge in [-0.25, -0.2) is 0 Å². The van der Waals surface area contributed by atoms with Crippen LogP contribution in [0.15, 0.2) is 12.7 Å². The lowest BCUT2D eigenvalue weighted by molar-refractivity contribution is -0.144. The molecule has 0 heterocycles. The predicted molar refractivity (Wildman–Crippen MR) is 48.1 cm³/mol. The summed E-state index contributed by atoms with van der Waals surface area (Å²) in [5.41, 5.74) is 5.17. The summed E-state index contributed by atoms with van der Waals surface area (Å²) in [6, 6.07) is 0. The summed E-state index contributed by atoms with van der Waals surface area (Å²) < 4.78 is 0. The van der Waals surface area contributed by atoms with Gasteiger partial charge in [0.2, 0.25) is 5.91 Å². The fraction of sp³-hybridized carbons (Fsp3) is 0.500. The number of aliphatic carboxylic acids is 1. The van der Waals surface area contributed by atoms with Crippen molar-refractivity contribution in [3.63, 3.8) is 0 Å². The fourth-order valence-electron chi connectivity index (χ4n) is 0.855. The molecule has 0 spiro atoms. The van der Waals surface area contributed by atoms with Gasteiger partial charge in [0.25, 0.3) is 0 Å². The molecule has 0 saturated carbocycles. The zero-order valence-electron chi connectivity index (χ0n) is 7.40. The first-order valence-electron chi connectivity index (χ1n) is 3.92. The summed E-state index contributed by atoms with van der Waals surface area (Å²) in [4.78, 5) is 22.7. The van der Waals surface area contributed by atoms with E-state index < -0.39 is 5.97 Å². The molecule has 0 aliphatic rings. The minimum Gasteiger partial charge on any atom is -0.480 e. The quantitative estimate of drug-likeness (QED) is 0.544. The fourth-order valence-corrected chi connectivity index (χ4v) is 0.855. The first-order chi connectivity index (χ1) is 6.11. The smallest absolute Gasteiger partial charge is 0.323 e. The largest absolute Gasteiger partial charge is 0.480 e. The van der Waals surface area contributed by atoms with Crippen molar-refractivity contribution in [1.29, 1.82) is 0 Å². The molecular formula is C8H14N2O3. The van der Waals surface area contributed by atoms with Gasteiger partial charge in [-0.2, -0.15) is 0 Å². The zero-order chi connectivity index (χ0) is 10.3. The number of carbonyl (C=O) groups is 2. The van der Waals surface area contributed by atoms with Crippen molar-refractivity contribution in [3.8, 4) is 0 Å². The normalized spacial score (nSPS) is 9.31. The van der Waals surface area contributed by atoms with E-state index in [9.17, 15) is 9.59 Å². The highest BCUT2D eigenvalue weighted by Gasteiger charge is 2.13. The average Bonchev–Trinajstić information content (AvgIpc) is 2.03. The second-order valence-electron chi connectivity index (χ2n) is 2.50. The molecule has 0 atom stereocenters. The van der Waals surface area contributed by atoms with E-state index in [-0.39, 0.29) is 32.0 Å². The Bertz CT molecular complexity index is 204. The number of carbonyl (C=O) groups excluding carboxylic acids is 1. The van der Waals surface area contributed by atoms with Gasteiger partial charge in [0.05, 0.1) is 0 Å². The Labute approximate surface area is 76.8 Å². The number of hydrogen-bond acceptors (Lipinski definition) is 3. The summed E-state index contributed by atoms with van der Waals surface area (Å²) in [7, 11) is 0. The van der Waals surface area contributed by atoms with Gasteiger partial charge in [-0.15, -0.1) is 6.58 Å². The molecule has 0 bridgehead atoms. The lowest BCUT2D eigenvalue weighted by atomic mass is 10.3. The van der Waals surface area contributed by atoms with Gasteiger partial charge < -0.3 is 15.7 Å². The second kappa shape index (κ2) is 6.19. The molecule has 0 radical (unpaired) electrons. The van der Waals surface area contributed by atoms with E-state index in [0.717, 1.165) is 0 Å². The molecule has 5 heteroatoms. The highest BCUT2D eigenvalue weighted by atomic mass is 16.4. The van der Waals surface area contributed by atoms with Gasteiger partial charge in [-0.3, -0.25) is 9.59 Å². The van der Waals surface area contributed by atoms with Gasteiger partial charge in [-0.05, 0) is 0 Å². The van der Waals surface area contributed by atoms with Crippen molar-refractivity contribution in [2.45, 2.75) is 6.42 Å². The van der Waals surface area contributed by atoms with Crippen LogP contribution >= 0.6 is 0 Å². The third-order valence-corrected chi connectivity index (χ3v) is 1.39. The standard InChI is InChI=1S/C8H14N2O3/c1-2-5-10(6-8(12)13)7(11)3-4-9/h2H,1,3-6,9H2,(H,12,13). The van der Waals surface area contributed by atoms with Crippen molar-refractivity contribution >= 4 is 11.9 Å². The van der Waals surface area contributed by atoms with E-state index in [4.69, 9.17) is 10.8 Å². The number of carboxylic acids is 1. The molecule has 0 fully saturated rings. The Morgan fingerprint density at radius 2 is 2.15 bits per heavy atom. The van der Waals surface area contributed by atoms with E-state index in [1.54, 1.807) is 0 Å². The maximum Gasteiger partial charge on any atom is 0.323 e. The molecule has 5 nitrogen and oxygen atoms in total. The maximum absolute atomic E-state index is 11.2. The van der Waals surface area contributed by atoms with E-state index in [1.807, 2.05) is 0 Å². The van der Waals surface area contributed by atoms with Crippen LogP contribution in [-0.2, 0) is 9.59 Å². The van der Waals surface area contributed by atoms with Gasteiger partial charge >= 0.3 is 5.97 Å². The van der Waals surface area contributed by atoms with Crippen LogP contribution in [0.4, 0.5) is 0 Å². The Balaban J connectivity index is 4.13. The number of nitrogens with two attached hydrogens (primary N) is 1. The van der Waals surface area contributed by atoms with Gasteiger partial charge in [0.15, 0.2) is 0 Å².